The maximum atomic E-state index is 11.7. The number of hydrogen-bond donors (Lipinski definition) is 0. The molecule has 0 N–H and O–H groups in total. The van der Waals surface area contributed by atoms with Crippen molar-refractivity contribution in [1.29, 1.82) is 0 Å². The van der Waals surface area contributed by atoms with Gasteiger partial charge >= 0.3 is 0 Å². The molecule has 2 amide bonds. The minimum absolute atomic E-state index is 0.0375. The standard InChI is InChI=1S/C10H17N3O2/c1-11-3-5-13(6-4-11)8-7-9(14)12(2)10(8)15/h8H,3-7H2,1-2H3/t8-/m0/s1. The van der Waals surface area contributed by atoms with Gasteiger partial charge in [0.05, 0.1) is 12.5 Å². The first kappa shape index (κ1) is 10.6. The molecule has 2 rings (SSSR count). The number of likely N-dealkylation sites (tertiary alicyclic amines) is 1. The number of carbonyl (C=O) groups excluding carboxylic acids is 2. The van der Waals surface area contributed by atoms with Crippen molar-refractivity contribution < 1.29 is 9.59 Å². The number of imide groups is 1. The van der Waals surface area contributed by atoms with Gasteiger partial charge in [0.2, 0.25) is 11.8 Å². The molecule has 0 bridgehead atoms. The molecule has 0 aromatic rings. The monoisotopic (exact) mass is 211 g/mol. The average molecular weight is 211 g/mol. The number of amides is 2. The van der Waals surface area contributed by atoms with Crippen LogP contribution < -0.4 is 0 Å². The van der Waals surface area contributed by atoms with Gasteiger partial charge < -0.3 is 4.90 Å². The summed E-state index contributed by atoms with van der Waals surface area (Å²) in [6.07, 6.45) is 0.360. The highest BCUT2D eigenvalue weighted by atomic mass is 16.2. The van der Waals surface area contributed by atoms with Crippen molar-refractivity contribution >= 4 is 11.8 Å². The van der Waals surface area contributed by atoms with E-state index in [1.807, 2.05) is 0 Å². The highest BCUT2D eigenvalue weighted by Gasteiger charge is 2.40. The fraction of sp³-hybridized carbons (Fsp3) is 0.800. The van der Waals surface area contributed by atoms with Crippen LogP contribution in [0.5, 0.6) is 0 Å². The van der Waals surface area contributed by atoms with E-state index >= 15 is 0 Å². The van der Waals surface area contributed by atoms with E-state index in [0.717, 1.165) is 26.2 Å². The highest BCUT2D eigenvalue weighted by Crippen LogP contribution is 2.18. The van der Waals surface area contributed by atoms with Gasteiger partial charge in [-0.15, -0.1) is 0 Å². The molecule has 15 heavy (non-hydrogen) atoms. The molecule has 2 aliphatic heterocycles. The van der Waals surface area contributed by atoms with Gasteiger partial charge in [-0.3, -0.25) is 19.4 Å². The predicted octanol–water partition coefficient (Wildman–Crippen LogP) is -1.01. The Balaban J connectivity index is 2.00. The van der Waals surface area contributed by atoms with Crippen LogP contribution in [-0.4, -0.2) is 72.8 Å². The van der Waals surface area contributed by atoms with E-state index in [9.17, 15) is 9.59 Å². The van der Waals surface area contributed by atoms with Gasteiger partial charge in [-0.1, -0.05) is 0 Å². The maximum Gasteiger partial charge on any atom is 0.246 e. The molecular formula is C10H17N3O2. The normalized spacial score (nSPS) is 30.3. The zero-order valence-corrected chi connectivity index (χ0v) is 9.27. The molecule has 0 aromatic carbocycles. The van der Waals surface area contributed by atoms with Crippen molar-refractivity contribution in [2.24, 2.45) is 0 Å². The summed E-state index contributed by atoms with van der Waals surface area (Å²) in [5, 5.41) is 0. The lowest BCUT2D eigenvalue weighted by atomic mass is 10.2. The topological polar surface area (TPSA) is 43.9 Å². The Morgan fingerprint density at radius 2 is 1.67 bits per heavy atom. The Morgan fingerprint density at radius 1 is 1.07 bits per heavy atom. The molecule has 0 aliphatic carbocycles. The number of nitrogens with zero attached hydrogens (tertiary/aromatic N) is 3. The molecule has 2 fully saturated rings. The van der Waals surface area contributed by atoms with E-state index in [1.54, 1.807) is 7.05 Å². The molecule has 1 atom stereocenters. The molecule has 2 heterocycles. The lowest BCUT2D eigenvalue weighted by Crippen LogP contribution is -2.51. The van der Waals surface area contributed by atoms with Crippen LogP contribution in [0.2, 0.25) is 0 Å². The number of rotatable bonds is 1. The van der Waals surface area contributed by atoms with Crippen molar-refractivity contribution in [1.82, 2.24) is 14.7 Å². The molecule has 0 spiro atoms. The molecule has 0 unspecified atom stereocenters. The van der Waals surface area contributed by atoms with E-state index in [-0.39, 0.29) is 17.9 Å². The lowest BCUT2D eigenvalue weighted by Gasteiger charge is -2.34. The van der Waals surface area contributed by atoms with Crippen LogP contribution in [0.15, 0.2) is 0 Å². The molecule has 5 nitrogen and oxygen atoms in total. The summed E-state index contributed by atoms with van der Waals surface area (Å²) in [6.45, 7) is 3.71. The third kappa shape index (κ3) is 1.89. The van der Waals surface area contributed by atoms with Gasteiger partial charge in [0.15, 0.2) is 0 Å². The van der Waals surface area contributed by atoms with E-state index in [1.165, 1.54) is 4.90 Å². The van der Waals surface area contributed by atoms with Gasteiger partial charge in [-0.2, -0.15) is 0 Å². The van der Waals surface area contributed by atoms with Crippen molar-refractivity contribution in [2.75, 3.05) is 40.3 Å². The fourth-order valence-electron chi connectivity index (χ4n) is 2.15. The maximum absolute atomic E-state index is 11.7. The Kier molecular flexibility index (Phi) is 2.75. The predicted molar refractivity (Wildman–Crippen MR) is 55.3 cm³/mol. The second kappa shape index (κ2) is 3.90. The molecular weight excluding hydrogens is 194 g/mol. The minimum atomic E-state index is -0.198. The molecule has 0 saturated carbocycles. The first-order valence-electron chi connectivity index (χ1n) is 5.32. The zero-order chi connectivity index (χ0) is 11.0. The third-order valence-electron chi connectivity index (χ3n) is 3.34. The van der Waals surface area contributed by atoms with Crippen LogP contribution in [0, 0.1) is 0 Å². The first-order chi connectivity index (χ1) is 7.09. The Morgan fingerprint density at radius 3 is 2.13 bits per heavy atom. The summed E-state index contributed by atoms with van der Waals surface area (Å²) in [4.78, 5) is 28.7. The van der Waals surface area contributed by atoms with Crippen LogP contribution in [-0.2, 0) is 9.59 Å². The molecule has 84 valence electrons. The summed E-state index contributed by atoms with van der Waals surface area (Å²) < 4.78 is 0. The molecule has 0 aromatic heterocycles. The number of hydrogen-bond acceptors (Lipinski definition) is 4. The van der Waals surface area contributed by atoms with Crippen LogP contribution in [0.3, 0.4) is 0 Å². The highest BCUT2D eigenvalue weighted by molar-refractivity contribution is 6.05. The van der Waals surface area contributed by atoms with E-state index in [4.69, 9.17) is 0 Å². The fourth-order valence-corrected chi connectivity index (χ4v) is 2.15. The largest absolute Gasteiger partial charge is 0.304 e. The van der Waals surface area contributed by atoms with Crippen molar-refractivity contribution in [3.63, 3.8) is 0 Å². The number of piperazine rings is 1. The van der Waals surface area contributed by atoms with E-state index < -0.39 is 0 Å². The van der Waals surface area contributed by atoms with Crippen molar-refractivity contribution in [3.05, 3.63) is 0 Å². The number of carbonyl (C=O) groups is 2. The number of likely N-dealkylation sites (N-methyl/N-ethyl adjacent to an activating group) is 2. The molecule has 0 radical (unpaired) electrons. The van der Waals surface area contributed by atoms with Gasteiger partial charge in [0.1, 0.15) is 0 Å². The Bertz CT molecular complexity index is 284. The van der Waals surface area contributed by atoms with Crippen LogP contribution in [0.1, 0.15) is 6.42 Å². The molecule has 5 heteroatoms. The first-order valence-corrected chi connectivity index (χ1v) is 5.32. The lowest BCUT2D eigenvalue weighted by molar-refractivity contribution is -0.138. The zero-order valence-electron chi connectivity index (χ0n) is 9.27. The van der Waals surface area contributed by atoms with Crippen molar-refractivity contribution in [2.45, 2.75) is 12.5 Å². The molecule has 2 saturated heterocycles. The summed E-state index contributed by atoms with van der Waals surface area (Å²) in [7, 11) is 3.64. The third-order valence-corrected chi connectivity index (χ3v) is 3.34. The molecule has 2 aliphatic rings. The van der Waals surface area contributed by atoms with Crippen LogP contribution in [0.4, 0.5) is 0 Å². The van der Waals surface area contributed by atoms with Gasteiger partial charge in [-0.25, -0.2) is 0 Å². The van der Waals surface area contributed by atoms with Crippen LogP contribution in [0.25, 0.3) is 0 Å². The summed E-state index contributed by atoms with van der Waals surface area (Å²) in [6, 6.07) is -0.198. The Labute approximate surface area is 89.6 Å². The smallest absolute Gasteiger partial charge is 0.246 e. The van der Waals surface area contributed by atoms with Gasteiger partial charge in [0.25, 0.3) is 0 Å². The van der Waals surface area contributed by atoms with Crippen LogP contribution >= 0.6 is 0 Å². The summed E-state index contributed by atoms with van der Waals surface area (Å²) in [5.41, 5.74) is 0. The quantitative estimate of drug-likeness (QED) is 0.521. The second-order valence-corrected chi connectivity index (χ2v) is 4.35. The minimum Gasteiger partial charge on any atom is -0.304 e. The average Bonchev–Trinajstić information content (AvgIpc) is 2.47. The second-order valence-electron chi connectivity index (χ2n) is 4.35. The van der Waals surface area contributed by atoms with Gasteiger partial charge in [0, 0.05) is 33.2 Å². The van der Waals surface area contributed by atoms with Gasteiger partial charge in [-0.05, 0) is 7.05 Å². The van der Waals surface area contributed by atoms with E-state index in [0.29, 0.717) is 6.42 Å². The summed E-state index contributed by atoms with van der Waals surface area (Å²) >= 11 is 0. The summed E-state index contributed by atoms with van der Waals surface area (Å²) in [5.74, 6) is -0.0894. The Hall–Kier alpha value is -0.940. The van der Waals surface area contributed by atoms with E-state index in [2.05, 4.69) is 16.8 Å². The van der Waals surface area contributed by atoms with Crippen molar-refractivity contribution in [3.8, 4) is 0 Å². The SMILES string of the molecule is CN1CCN([C@H]2CC(=O)N(C)C2=O)CC1.